The quantitative estimate of drug-likeness (QED) is 0.472. The van der Waals surface area contributed by atoms with Crippen LogP contribution < -0.4 is 10.2 Å². The minimum atomic E-state index is -0.289. The van der Waals surface area contributed by atoms with Gasteiger partial charge in [-0.25, -0.2) is 5.43 Å². The smallest absolute Gasteiger partial charge is 0.271 e. The van der Waals surface area contributed by atoms with Crippen LogP contribution in [0.3, 0.4) is 0 Å². The summed E-state index contributed by atoms with van der Waals surface area (Å²) in [6.45, 7) is -0.0418. The first kappa shape index (κ1) is 16.0. The van der Waals surface area contributed by atoms with E-state index in [1.54, 1.807) is 30.3 Å². The minimum absolute atomic E-state index is 0.0418. The Labute approximate surface area is 141 Å². The summed E-state index contributed by atoms with van der Waals surface area (Å²) in [6, 6.07) is 16.2. The summed E-state index contributed by atoms with van der Waals surface area (Å²) in [5.41, 5.74) is 3.67. The average Bonchev–Trinajstić information content (AvgIpc) is 2.54. The van der Waals surface area contributed by atoms with Crippen molar-refractivity contribution in [3.05, 3.63) is 63.2 Å². The molecule has 22 heavy (non-hydrogen) atoms. The lowest BCUT2D eigenvalue weighted by Crippen LogP contribution is -2.17. The molecule has 1 N–H and O–H groups in total. The molecular weight excluding hydrogens is 393 g/mol. The molecule has 0 aliphatic carbocycles. The lowest BCUT2D eigenvalue weighted by Gasteiger charge is -2.05. The van der Waals surface area contributed by atoms with Crippen LogP contribution in [0.2, 0.25) is 0 Å². The van der Waals surface area contributed by atoms with Crippen LogP contribution in [0.25, 0.3) is 0 Å². The van der Waals surface area contributed by atoms with Crippen LogP contribution in [-0.2, 0) is 0 Å². The topological polar surface area (TPSA) is 74.5 Å². The number of carbonyl (C=O) groups excluding carboxylic acids is 1. The number of rotatable bonds is 5. The van der Waals surface area contributed by atoms with Gasteiger partial charge in [-0.05, 0) is 59.0 Å². The summed E-state index contributed by atoms with van der Waals surface area (Å²) in [6.07, 6.45) is 1.48. The van der Waals surface area contributed by atoms with Crippen LogP contribution >= 0.6 is 22.6 Å². The van der Waals surface area contributed by atoms with Gasteiger partial charge < -0.3 is 4.74 Å². The molecule has 0 aliphatic rings. The highest BCUT2D eigenvalue weighted by atomic mass is 127. The largest absolute Gasteiger partial charge is 0.478 e. The highest BCUT2D eigenvalue weighted by Gasteiger charge is 2.04. The molecule has 2 rings (SSSR count). The van der Waals surface area contributed by atoms with E-state index < -0.39 is 0 Å². The molecule has 0 saturated carbocycles. The molecular formula is C16H12IN3O2. The van der Waals surface area contributed by atoms with Crippen molar-refractivity contribution in [1.82, 2.24) is 5.43 Å². The van der Waals surface area contributed by atoms with E-state index in [1.165, 1.54) is 6.21 Å². The van der Waals surface area contributed by atoms with Crippen LogP contribution in [0.15, 0.2) is 53.6 Å². The molecule has 0 aliphatic heterocycles. The highest BCUT2D eigenvalue weighted by Crippen LogP contribution is 2.15. The number of para-hydroxylation sites is 1. The van der Waals surface area contributed by atoms with Gasteiger partial charge in [0.05, 0.1) is 6.21 Å². The van der Waals surface area contributed by atoms with Gasteiger partial charge in [0.1, 0.15) is 11.8 Å². The van der Waals surface area contributed by atoms with E-state index >= 15 is 0 Å². The molecule has 0 atom stereocenters. The van der Waals surface area contributed by atoms with E-state index in [-0.39, 0.29) is 12.5 Å². The Morgan fingerprint density at radius 2 is 2.00 bits per heavy atom. The number of nitrogens with zero attached hydrogens (tertiary/aromatic N) is 2. The second kappa shape index (κ2) is 8.14. The van der Waals surface area contributed by atoms with E-state index in [2.05, 4.69) is 33.1 Å². The van der Waals surface area contributed by atoms with Crippen LogP contribution in [0.5, 0.6) is 5.75 Å². The molecule has 110 valence electrons. The maximum absolute atomic E-state index is 11.9. The van der Waals surface area contributed by atoms with E-state index in [9.17, 15) is 4.79 Å². The monoisotopic (exact) mass is 405 g/mol. The Kier molecular flexibility index (Phi) is 5.91. The van der Waals surface area contributed by atoms with Crippen LogP contribution in [0.1, 0.15) is 15.9 Å². The zero-order valence-electron chi connectivity index (χ0n) is 11.5. The molecule has 0 saturated heterocycles. The number of hydrogen-bond donors (Lipinski definition) is 1. The molecule has 2 aromatic rings. The zero-order chi connectivity index (χ0) is 15.8. The van der Waals surface area contributed by atoms with Gasteiger partial charge in [0.15, 0.2) is 6.61 Å². The van der Waals surface area contributed by atoms with Crippen molar-refractivity contribution in [3.8, 4) is 11.8 Å². The number of amides is 1. The number of ether oxygens (including phenoxy) is 1. The number of nitriles is 1. The maximum atomic E-state index is 11.9. The molecule has 0 spiro atoms. The Morgan fingerprint density at radius 1 is 1.27 bits per heavy atom. The van der Waals surface area contributed by atoms with Crippen molar-refractivity contribution in [1.29, 1.82) is 5.26 Å². The molecule has 6 heteroatoms. The SMILES string of the molecule is N#CCOc1ccccc1/C=N\NC(=O)c1ccc(I)cc1. The van der Waals surface area contributed by atoms with Gasteiger partial charge in [-0.15, -0.1) is 0 Å². The third kappa shape index (κ3) is 4.56. The first-order chi connectivity index (χ1) is 10.7. The third-order valence-electron chi connectivity index (χ3n) is 2.69. The molecule has 1 amide bonds. The number of carbonyl (C=O) groups is 1. The fourth-order valence-corrected chi connectivity index (χ4v) is 2.01. The van der Waals surface area contributed by atoms with Crippen molar-refractivity contribution in [3.63, 3.8) is 0 Å². The van der Waals surface area contributed by atoms with Crippen molar-refractivity contribution < 1.29 is 9.53 Å². The van der Waals surface area contributed by atoms with Gasteiger partial charge in [-0.1, -0.05) is 12.1 Å². The van der Waals surface area contributed by atoms with E-state index in [0.717, 1.165) is 3.57 Å². The zero-order valence-corrected chi connectivity index (χ0v) is 13.6. The van der Waals surface area contributed by atoms with E-state index in [4.69, 9.17) is 10.00 Å². The molecule has 0 unspecified atom stereocenters. The standard InChI is InChI=1S/C16H12IN3O2/c17-14-7-5-12(6-8-14)16(21)20-19-11-13-3-1-2-4-15(13)22-10-9-18/h1-8,11H,10H2,(H,20,21)/b19-11-. The first-order valence-corrected chi connectivity index (χ1v) is 7.46. The van der Waals surface area contributed by atoms with E-state index in [1.807, 2.05) is 24.3 Å². The number of hydrazone groups is 1. The molecule has 5 nitrogen and oxygen atoms in total. The van der Waals surface area contributed by atoms with Gasteiger partial charge in [0.2, 0.25) is 0 Å². The second-order valence-corrected chi connectivity index (χ2v) is 5.44. The van der Waals surface area contributed by atoms with Crippen LogP contribution in [0, 0.1) is 14.9 Å². The predicted molar refractivity (Wildman–Crippen MR) is 91.8 cm³/mol. The third-order valence-corrected chi connectivity index (χ3v) is 3.41. The predicted octanol–water partition coefficient (Wildman–Crippen LogP) is 2.96. The number of hydrogen-bond acceptors (Lipinski definition) is 4. The van der Waals surface area contributed by atoms with Gasteiger partial charge in [-0.2, -0.15) is 10.4 Å². The molecule has 0 radical (unpaired) electrons. The Bertz CT molecular complexity index is 721. The lowest BCUT2D eigenvalue weighted by atomic mass is 10.2. The number of nitrogens with one attached hydrogen (secondary N) is 1. The summed E-state index contributed by atoms with van der Waals surface area (Å²) >= 11 is 2.17. The normalized spacial score (nSPS) is 10.2. The number of benzene rings is 2. The van der Waals surface area contributed by atoms with Gasteiger partial charge in [-0.3, -0.25) is 4.79 Å². The Hall–Kier alpha value is -2.40. The Morgan fingerprint density at radius 3 is 2.73 bits per heavy atom. The fourth-order valence-electron chi connectivity index (χ4n) is 1.65. The number of halogens is 1. The van der Waals surface area contributed by atoms with Crippen molar-refractivity contribution in [2.45, 2.75) is 0 Å². The lowest BCUT2D eigenvalue weighted by molar-refractivity contribution is 0.0955. The van der Waals surface area contributed by atoms with Crippen LogP contribution in [0.4, 0.5) is 0 Å². The Balaban J connectivity index is 2.02. The summed E-state index contributed by atoms with van der Waals surface area (Å²) in [4.78, 5) is 11.9. The van der Waals surface area contributed by atoms with Crippen LogP contribution in [-0.4, -0.2) is 18.7 Å². The van der Waals surface area contributed by atoms with Crippen molar-refractivity contribution in [2.75, 3.05) is 6.61 Å². The van der Waals surface area contributed by atoms with Gasteiger partial charge in [0.25, 0.3) is 5.91 Å². The summed E-state index contributed by atoms with van der Waals surface area (Å²) < 4.78 is 6.33. The van der Waals surface area contributed by atoms with Gasteiger partial charge in [0, 0.05) is 14.7 Å². The first-order valence-electron chi connectivity index (χ1n) is 6.38. The summed E-state index contributed by atoms with van der Waals surface area (Å²) in [5.74, 6) is 0.249. The molecule has 0 aromatic heterocycles. The van der Waals surface area contributed by atoms with Crippen molar-refractivity contribution in [2.24, 2.45) is 5.10 Å². The van der Waals surface area contributed by atoms with Crippen molar-refractivity contribution >= 4 is 34.7 Å². The summed E-state index contributed by atoms with van der Waals surface area (Å²) in [5, 5.41) is 12.5. The molecule has 0 fully saturated rings. The minimum Gasteiger partial charge on any atom is -0.478 e. The second-order valence-electron chi connectivity index (χ2n) is 4.19. The van der Waals surface area contributed by atoms with Gasteiger partial charge >= 0.3 is 0 Å². The maximum Gasteiger partial charge on any atom is 0.271 e. The average molecular weight is 405 g/mol. The highest BCUT2D eigenvalue weighted by molar-refractivity contribution is 14.1. The molecule has 0 heterocycles. The summed E-state index contributed by atoms with van der Waals surface area (Å²) in [7, 11) is 0. The van der Waals surface area contributed by atoms with E-state index in [0.29, 0.717) is 16.9 Å². The molecule has 0 bridgehead atoms. The molecule has 2 aromatic carbocycles. The fraction of sp³-hybridized carbons (Fsp3) is 0.0625.